The lowest BCUT2D eigenvalue weighted by Gasteiger charge is -2.41. The Labute approximate surface area is 160 Å². The van der Waals surface area contributed by atoms with Crippen LogP contribution in [0, 0.1) is 0 Å². The number of nitrogens with zero attached hydrogens (tertiary/aromatic N) is 4. The first-order chi connectivity index (χ1) is 12.8. The van der Waals surface area contributed by atoms with E-state index in [4.69, 9.17) is 9.72 Å². The molecule has 26 heavy (non-hydrogen) atoms. The minimum Gasteiger partial charge on any atom is -0.486 e. The monoisotopic (exact) mass is 413 g/mol. The topological polar surface area (TPSA) is 54.7 Å². The Morgan fingerprint density at radius 1 is 1.12 bits per heavy atom. The van der Waals surface area contributed by atoms with Crippen molar-refractivity contribution in [3.8, 4) is 5.75 Å². The van der Waals surface area contributed by atoms with Gasteiger partial charge in [0.2, 0.25) is 0 Å². The van der Waals surface area contributed by atoms with Crippen LogP contribution >= 0.6 is 15.9 Å². The molecule has 0 spiro atoms. The molecule has 1 N–H and O–H groups in total. The summed E-state index contributed by atoms with van der Waals surface area (Å²) >= 11 is 3.56. The summed E-state index contributed by atoms with van der Waals surface area (Å²) in [5.74, 6) is 2.09. The van der Waals surface area contributed by atoms with E-state index in [-0.39, 0.29) is 6.10 Å². The van der Waals surface area contributed by atoms with Crippen molar-refractivity contribution < 1.29 is 4.74 Å². The van der Waals surface area contributed by atoms with Crippen LogP contribution in [0.5, 0.6) is 5.75 Å². The molecule has 0 saturated carbocycles. The first-order valence-electron chi connectivity index (χ1n) is 9.02. The molecular formula is C19H20BrN5O. The van der Waals surface area contributed by atoms with Gasteiger partial charge in [-0.1, -0.05) is 12.1 Å². The Hall–Kier alpha value is -2.12. The SMILES string of the molecule is Brc1ccccc1OC1CN(c2c3c(nc4ccnn24)CCNCC3)C1. The van der Waals surface area contributed by atoms with E-state index >= 15 is 0 Å². The van der Waals surface area contributed by atoms with Gasteiger partial charge in [-0.15, -0.1) is 0 Å². The van der Waals surface area contributed by atoms with Gasteiger partial charge in [-0.05, 0) is 41.0 Å². The van der Waals surface area contributed by atoms with Gasteiger partial charge in [-0.3, -0.25) is 0 Å². The number of aromatic nitrogens is 3. The van der Waals surface area contributed by atoms with Crippen molar-refractivity contribution in [2.24, 2.45) is 0 Å². The van der Waals surface area contributed by atoms with E-state index in [0.717, 1.165) is 54.9 Å². The zero-order chi connectivity index (χ0) is 17.5. The number of hydrogen-bond acceptors (Lipinski definition) is 5. The number of hydrogen-bond donors (Lipinski definition) is 1. The van der Waals surface area contributed by atoms with E-state index in [1.165, 1.54) is 17.1 Å². The second-order valence-corrected chi connectivity index (χ2v) is 7.64. The third kappa shape index (κ3) is 2.75. The zero-order valence-electron chi connectivity index (χ0n) is 14.4. The number of nitrogens with one attached hydrogen (secondary N) is 1. The average Bonchev–Trinajstić information content (AvgIpc) is 2.95. The first kappa shape index (κ1) is 16.1. The van der Waals surface area contributed by atoms with Crippen LogP contribution in [0.1, 0.15) is 11.3 Å². The number of anilines is 1. The Bertz CT molecular complexity index is 950. The molecule has 0 radical (unpaired) electrons. The molecule has 0 aliphatic carbocycles. The van der Waals surface area contributed by atoms with E-state index < -0.39 is 0 Å². The van der Waals surface area contributed by atoms with E-state index in [0.29, 0.717) is 0 Å². The highest BCUT2D eigenvalue weighted by Crippen LogP contribution is 2.32. The second-order valence-electron chi connectivity index (χ2n) is 6.79. The molecule has 7 heteroatoms. The maximum atomic E-state index is 6.15. The lowest BCUT2D eigenvalue weighted by Crippen LogP contribution is -2.55. The van der Waals surface area contributed by atoms with Crippen LogP contribution in [0.25, 0.3) is 5.65 Å². The number of para-hydroxylation sites is 1. The van der Waals surface area contributed by atoms with Gasteiger partial charge in [-0.2, -0.15) is 9.61 Å². The zero-order valence-corrected chi connectivity index (χ0v) is 15.9. The summed E-state index contributed by atoms with van der Waals surface area (Å²) in [5, 5.41) is 8.00. The molecule has 2 aliphatic rings. The molecule has 0 atom stereocenters. The maximum absolute atomic E-state index is 6.15. The minimum atomic E-state index is 0.187. The highest BCUT2D eigenvalue weighted by atomic mass is 79.9. The Balaban J connectivity index is 1.43. The van der Waals surface area contributed by atoms with Crippen LogP contribution in [0.3, 0.4) is 0 Å². The van der Waals surface area contributed by atoms with Crippen molar-refractivity contribution in [2.45, 2.75) is 18.9 Å². The van der Waals surface area contributed by atoms with Gasteiger partial charge in [0.15, 0.2) is 5.65 Å². The molecule has 1 aromatic carbocycles. The number of benzene rings is 1. The molecule has 1 saturated heterocycles. The minimum absolute atomic E-state index is 0.187. The largest absolute Gasteiger partial charge is 0.486 e. The van der Waals surface area contributed by atoms with E-state index in [1.807, 2.05) is 41.0 Å². The van der Waals surface area contributed by atoms with Gasteiger partial charge in [0.1, 0.15) is 17.7 Å². The smallest absolute Gasteiger partial charge is 0.157 e. The van der Waals surface area contributed by atoms with Crippen molar-refractivity contribution in [2.75, 3.05) is 31.1 Å². The number of rotatable bonds is 3. The first-order valence-corrected chi connectivity index (χ1v) is 9.81. The third-order valence-corrected chi connectivity index (χ3v) is 5.71. The summed E-state index contributed by atoms with van der Waals surface area (Å²) in [6, 6.07) is 9.99. The molecule has 4 heterocycles. The molecule has 134 valence electrons. The average molecular weight is 414 g/mol. The van der Waals surface area contributed by atoms with Gasteiger partial charge in [0, 0.05) is 24.6 Å². The molecule has 2 aromatic heterocycles. The Morgan fingerprint density at radius 3 is 2.85 bits per heavy atom. The summed E-state index contributed by atoms with van der Waals surface area (Å²) in [6.45, 7) is 3.69. The van der Waals surface area contributed by atoms with Gasteiger partial charge >= 0.3 is 0 Å². The van der Waals surface area contributed by atoms with Crippen LogP contribution in [0.15, 0.2) is 41.0 Å². The van der Waals surface area contributed by atoms with Gasteiger partial charge in [-0.25, -0.2) is 4.98 Å². The molecule has 0 bridgehead atoms. The standard InChI is InChI=1S/C19H20BrN5O/c20-15-3-1-2-4-17(15)26-13-11-24(12-13)19-14-5-8-21-9-6-16(14)23-18-7-10-22-25(18)19/h1-4,7,10,13,21H,5-6,8-9,11-12H2. The van der Waals surface area contributed by atoms with Gasteiger partial charge in [0.25, 0.3) is 0 Å². The molecule has 0 unspecified atom stereocenters. The Kier molecular flexibility index (Phi) is 4.05. The van der Waals surface area contributed by atoms with E-state index in [9.17, 15) is 0 Å². The van der Waals surface area contributed by atoms with Crippen molar-refractivity contribution in [1.29, 1.82) is 0 Å². The summed E-state index contributed by atoms with van der Waals surface area (Å²) in [5.41, 5.74) is 3.45. The highest BCUT2D eigenvalue weighted by molar-refractivity contribution is 9.10. The van der Waals surface area contributed by atoms with E-state index in [2.05, 4.69) is 31.2 Å². The van der Waals surface area contributed by atoms with Crippen LogP contribution < -0.4 is 15.0 Å². The molecule has 5 rings (SSSR count). The number of fused-ring (bicyclic) bond motifs is 2. The second kappa shape index (κ2) is 6.55. The van der Waals surface area contributed by atoms with Crippen LogP contribution in [-0.4, -0.2) is 46.9 Å². The molecule has 2 aliphatic heterocycles. The fraction of sp³-hybridized carbons (Fsp3) is 0.368. The predicted molar refractivity (Wildman–Crippen MR) is 104 cm³/mol. The van der Waals surface area contributed by atoms with Crippen LogP contribution in [-0.2, 0) is 12.8 Å². The van der Waals surface area contributed by atoms with Crippen LogP contribution in [0.4, 0.5) is 5.82 Å². The maximum Gasteiger partial charge on any atom is 0.157 e. The number of ether oxygens (including phenoxy) is 1. The molecule has 1 fully saturated rings. The third-order valence-electron chi connectivity index (χ3n) is 5.06. The van der Waals surface area contributed by atoms with Crippen molar-refractivity contribution in [3.05, 3.63) is 52.3 Å². The van der Waals surface area contributed by atoms with Gasteiger partial charge in [0.05, 0.1) is 29.5 Å². The fourth-order valence-corrected chi connectivity index (χ4v) is 4.12. The number of halogens is 1. The quantitative estimate of drug-likeness (QED) is 0.714. The summed E-state index contributed by atoms with van der Waals surface area (Å²) in [7, 11) is 0. The lowest BCUT2D eigenvalue weighted by atomic mass is 10.1. The van der Waals surface area contributed by atoms with Crippen LogP contribution in [0.2, 0.25) is 0 Å². The molecule has 3 aromatic rings. The molecule has 6 nitrogen and oxygen atoms in total. The van der Waals surface area contributed by atoms with Crippen molar-refractivity contribution >= 4 is 27.4 Å². The molecular weight excluding hydrogens is 394 g/mol. The summed E-state index contributed by atoms with van der Waals surface area (Å²) in [6.07, 6.45) is 3.97. The fourth-order valence-electron chi connectivity index (χ4n) is 3.75. The van der Waals surface area contributed by atoms with Gasteiger partial charge < -0.3 is 15.0 Å². The van der Waals surface area contributed by atoms with E-state index in [1.54, 1.807) is 0 Å². The predicted octanol–water partition coefficient (Wildman–Crippen LogP) is 2.45. The van der Waals surface area contributed by atoms with Crippen molar-refractivity contribution in [3.63, 3.8) is 0 Å². The lowest BCUT2D eigenvalue weighted by molar-refractivity contribution is 0.165. The normalized spacial score (nSPS) is 17.7. The Morgan fingerprint density at radius 2 is 1.96 bits per heavy atom. The summed E-state index contributed by atoms with van der Waals surface area (Å²) in [4.78, 5) is 7.20. The molecule has 0 amide bonds. The summed E-state index contributed by atoms with van der Waals surface area (Å²) < 4.78 is 9.13. The van der Waals surface area contributed by atoms with Crippen molar-refractivity contribution in [1.82, 2.24) is 19.9 Å². The highest BCUT2D eigenvalue weighted by Gasteiger charge is 2.33.